The molecule has 0 saturated heterocycles. The number of carbonyl (C=O) groups is 1. The van der Waals surface area contributed by atoms with E-state index in [-0.39, 0.29) is 5.91 Å². The lowest BCUT2D eigenvalue weighted by Gasteiger charge is -2.04. The molecule has 1 heterocycles. The van der Waals surface area contributed by atoms with Crippen LogP contribution in [-0.2, 0) is 0 Å². The van der Waals surface area contributed by atoms with Crippen LogP contribution in [0.1, 0.15) is 10.4 Å². The van der Waals surface area contributed by atoms with Crippen molar-refractivity contribution in [1.82, 2.24) is 20.8 Å². The molecule has 1 rings (SSSR count). The molecule has 0 aromatic carbocycles. The molecule has 0 aliphatic rings. The van der Waals surface area contributed by atoms with Gasteiger partial charge in [0.2, 0.25) is 0 Å². The molecule has 0 bridgehead atoms. The summed E-state index contributed by atoms with van der Waals surface area (Å²) in [5.41, 5.74) is 0.471. The van der Waals surface area contributed by atoms with Crippen LogP contribution in [0.15, 0.2) is 18.5 Å². The molecule has 1 aromatic rings. The Morgan fingerprint density at radius 2 is 2.36 bits per heavy atom. The quantitative estimate of drug-likeness (QED) is 0.674. The number of thiocarbonyl (C=S) groups is 1. The van der Waals surface area contributed by atoms with Gasteiger partial charge in [0.25, 0.3) is 5.91 Å². The first-order chi connectivity index (χ1) is 6.74. The van der Waals surface area contributed by atoms with Crippen molar-refractivity contribution in [3.8, 4) is 0 Å². The summed E-state index contributed by atoms with van der Waals surface area (Å²) < 4.78 is 0. The number of aromatic nitrogens is 2. The Hall–Kier alpha value is -1.56. The highest BCUT2D eigenvalue weighted by Crippen LogP contribution is 1.92. The van der Waals surface area contributed by atoms with Crippen LogP contribution >= 0.6 is 12.2 Å². The van der Waals surface area contributed by atoms with Crippen molar-refractivity contribution in [2.45, 2.75) is 0 Å². The maximum Gasteiger partial charge on any atom is 0.253 e. The number of likely N-dealkylation sites (N-methyl/N-ethyl adjacent to an activating group) is 1. The molecule has 0 fully saturated rings. The first-order valence-electron chi connectivity index (χ1n) is 3.99. The highest BCUT2D eigenvalue weighted by molar-refractivity contribution is 7.80. The van der Waals surface area contributed by atoms with Crippen LogP contribution in [0.25, 0.3) is 0 Å². The van der Waals surface area contributed by atoms with Crippen molar-refractivity contribution >= 4 is 23.1 Å². The largest absolute Gasteiger partial charge is 0.381 e. The van der Waals surface area contributed by atoms with Gasteiger partial charge in [-0.15, -0.1) is 0 Å². The third kappa shape index (κ3) is 3.06. The van der Waals surface area contributed by atoms with E-state index in [4.69, 9.17) is 12.2 Å². The van der Waals surface area contributed by atoms with Crippen LogP contribution in [0.4, 0.5) is 0 Å². The molecule has 0 saturated carbocycles. The number of rotatable bonds is 3. The summed E-state index contributed by atoms with van der Waals surface area (Å²) >= 11 is 4.87. The molecule has 6 heteroatoms. The van der Waals surface area contributed by atoms with Crippen LogP contribution in [0.3, 0.4) is 0 Å². The zero-order valence-corrected chi connectivity index (χ0v) is 8.47. The van der Waals surface area contributed by atoms with Gasteiger partial charge in [-0.1, -0.05) is 12.2 Å². The fourth-order valence-electron chi connectivity index (χ4n) is 0.776. The molecule has 1 amide bonds. The summed E-state index contributed by atoms with van der Waals surface area (Å²) in [6.45, 7) is 0.326. The molecule has 74 valence electrons. The van der Waals surface area contributed by atoms with Crippen LogP contribution in [0, 0.1) is 0 Å². The minimum Gasteiger partial charge on any atom is -0.381 e. The number of carbonyl (C=O) groups excluding carboxylic acids is 1. The molecule has 0 aliphatic carbocycles. The minimum absolute atomic E-state index is 0.211. The summed E-state index contributed by atoms with van der Waals surface area (Å²) in [6, 6.07) is 1.59. The van der Waals surface area contributed by atoms with E-state index in [9.17, 15) is 4.79 Å². The Labute approximate surface area is 86.9 Å². The first kappa shape index (κ1) is 10.5. The van der Waals surface area contributed by atoms with Gasteiger partial charge in [-0.25, -0.2) is 0 Å². The van der Waals surface area contributed by atoms with Crippen molar-refractivity contribution in [2.24, 2.45) is 0 Å². The van der Waals surface area contributed by atoms with Gasteiger partial charge in [0, 0.05) is 7.05 Å². The Kier molecular flexibility index (Phi) is 3.93. The van der Waals surface area contributed by atoms with Crippen molar-refractivity contribution in [3.05, 3.63) is 24.0 Å². The minimum atomic E-state index is -0.211. The second-order valence-corrected chi connectivity index (χ2v) is 2.98. The lowest BCUT2D eigenvalue weighted by atomic mass is 10.3. The molecule has 5 nitrogen and oxygen atoms in total. The first-order valence-corrected chi connectivity index (χ1v) is 4.40. The van der Waals surface area contributed by atoms with Gasteiger partial charge in [-0.05, 0) is 6.07 Å². The summed E-state index contributed by atoms with van der Waals surface area (Å²) in [6.07, 6.45) is 2.86. The average molecular weight is 210 g/mol. The Balaban J connectivity index is 2.48. The van der Waals surface area contributed by atoms with E-state index in [1.165, 1.54) is 12.4 Å². The number of nitrogens with one attached hydrogen (secondary N) is 2. The van der Waals surface area contributed by atoms with E-state index in [0.29, 0.717) is 17.1 Å². The number of amides is 1. The molecule has 0 aliphatic heterocycles. The Morgan fingerprint density at radius 1 is 1.57 bits per heavy atom. The van der Waals surface area contributed by atoms with E-state index < -0.39 is 0 Å². The zero-order chi connectivity index (χ0) is 10.4. The van der Waals surface area contributed by atoms with Gasteiger partial charge in [0.1, 0.15) is 0 Å². The van der Waals surface area contributed by atoms with Gasteiger partial charge in [0.05, 0.1) is 29.5 Å². The summed E-state index contributed by atoms with van der Waals surface area (Å²) in [5, 5.41) is 12.6. The normalized spacial score (nSPS) is 9.21. The highest BCUT2D eigenvalue weighted by Gasteiger charge is 2.04. The van der Waals surface area contributed by atoms with Gasteiger partial charge in [-0.3, -0.25) is 4.79 Å². The number of nitrogens with zero attached hydrogens (tertiary/aromatic N) is 2. The van der Waals surface area contributed by atoms with Crippen LogP contribution in [-0.4, -0.2) is 34.7 Å². The monoisotopic (exact) mass is 210 g/mol. The average Bonchev–Trinajstić information content (AvgIpc) is 2.26. The van der Waals surface area contributed by atoms with Gasteiger partial charge in [0.15, 0.2) is 0 Å². The van der Waals surface area contributed by atoms with Gasteiger partial charge in [-0.2, -0.15) is 10.2 Å². The second-order valence-electron chi connectivity index (χ2n) is 2.49. The van der Waals surface area contributed by atoms with E-state index >= 15 is 0 Å². The van der Waals surface area contributed by atoms with Crippen LogP contribution in [0.5, 0.6) is 0 Å². The molecule has 0 radical (unpaired) electrons. The molecule has 1 aromatic heterocycles. The van der Waals surface area contributed by atoms with Crippen LogP contribution < -0.4 is 10.6 Å². The second kappa shape index (κ2) is 5.23. The third-order valence-corrected chi connectivity index (χ3v) is 1.88. The predicted octanol–water partition coefficient (Wildman–Crippen LogP) is -0.247. The Bertz CT molecular complexity index is 327. The van der Waals surface area contributed by atoms with E-state index in [1.54, 1.807) is 13.1 Å². The highest BCUT2D eigenvalue weighted by atomic mass is 32.1. The summed E-state index contributed by atoms with van der Waals surface area (Å²) in [4.78, 5) is 12.0. The van der Waals surface area contributed by atoms with Crippen molar-refractivity contribution in [1.29, 1.82) is 0 Å². The third-order valence-electron chi connectivity index (χ3n) is 1.53. The van der Waals surface area contributed by atoms with Crippen LogP contribution in [0.2, 0.25) is 0 Å². The summed E-state index contributed by atoms with van der Waals surface area (Å²) in [7, 11) is 1.71. The molecule has 0 spiro atoms. The van der Waals surface area contributed by atoms with E-state index in [0.717, 1.165) is 0 Å². The predicted molar refractivity (Wildman–Crippen MR) is 56.0 cm³/mol. The smallest absolute Gasteiger partial charge is 0.253 e. The molecule has 0 atom stereocenters. The van der Waals surface area contributed by atoms with E-state index in [2.05, 4.69) is 20.8 Å². The summed E-state index contributed by atoms with van der Waals surface area (Å²) in [5.74, 6) is -0.211. The molecule has 14 heavy (non-hydrogen) atoms. The number of hydrogen-bond acceptors (Lipinski definition) is 4. The van der Waals surface area contributed by atoms with E-state index in [1.807, 2.05) is 0 Å². The molecule has 2 N–H and O–H groups in total. The maximum atomic E-state index is 11.4. The number of hydrogen-bond donors (Lipinski definition) is 2. The van der Waals surface area contributed by atoms with Gasteiger partial charge >= 0.3 is 0 Å². The molecular formula is C8H10N4OS. The zero-order valence-electron chi connectivity index (χ0n) is 7.65. The topological polar surface area (TPSA) is 66.9 Å². The SMILES string of the molecule is CNC(=S)CNC(=O)c1ccnnc1. The fourth-order valence-corrected chi connectivity index (χ4v) is 0.848. The fraction of sp³-hybridized carbons (Fsp3) is 0.250. The lowest BCUT2D eigenvalue weighted by molar-refractivity contribution is 0.0958. The lowest BCUT2D eigenvalue weighted by Crippen LogP contribution is -2.34. The molecular weight excluding hydrogens is 200 g/mol. The van der Waals surface area contributed by atoms with Gasteiger partial charge < -0.3 is 10.6 Å². The Morgan fingerprint density at radius 3 is 2.93 bits per heavy atom. The maximum absolute atomic E-state index is 11.4. The molecule has 0 unspecified atom stereocenters. The van der Waals surface area contributed by atoms with Crippen molar-refractivity contribution < 1.29 is 4.79 Å². The van der Waals surface area contributed by atoms with Crippen molar-refractivity contribution in [3.63, 3.8) is 0 Å². The van der Waals surface area contributed by atoms with Crippen molar-refractivity contribution in [2.75, 3.05) is 13.6 Å². The standard InChI is InChI=1S/C8H10N4OS/c1-9-7(14)5-10-8(13)6-2-3-11-12-4-6/h2-4H,5H2,1H3,(H,9,14)(H,10,13).